The molecule has 1 rings (SSSR count). The second-order valence-electron chi connectivity index (χ2n) is 3.56. The van der Waals surface area contributed by atoms with Crippen molar-refractivity contribution in [1.82, 2.24) is 4.90 Å². The molecule has 0 aromatic heterocycles. The number of hydrogen-bond acceptors (Lipinski definition) is 2. The molecule has 76 valence electrons. The summed E-state index contributed by atoms with van der Waals surface area (Å²) in [5.74, 6) is 0. The predicted octanol–water partition coefficient (Wildman–Crippen LogP) is 1.55. The molecule has 1 fully saturated rings. The second kappa shape index (κ2) is 4.46. The van der Waals surface area contributed by atoms with Gasteiger partial charge in [-0.1, -0.05) is 0 Å². The van der Waals surface area contributed by atoms with Gasteiger partial charge in [0.15, 0.2) is 0 Å². The summed E-state index contributed by atoms with van der Waals surface area (Å²) in [7, 11) is 3.35. The van der Waals surface area contributed by atoms with Crippen molar-refractivity contribution in [3.63, 3.8) is 0 Å². The van der Waals surface area contributed by atoms with E-state index in [-0.39, 0.29) is 6.04 Å². The molecule has 4 nitrogen and oxygen atoms in total. The molecule has 0 atom stereocenters. The standard InChI is InChI=1S/C9H17NO3/c1-10(9(11)12)7-3-5-8(13-2)6-4-7/h7-8H,3-6H2,1-2H3,(H,11,12). The van der Waals surface area contributed by atoms with Crippen LogP contribution in [0.4, 0.5) is 4.79 Å². The third-order valence-corrected chi connectivity index (χ3v) is 2.83. The van der Waals surface area contributed by atoms with E-state index in [0.29, 0.717) is 6.10 Å². The maximum atomic E-state index is 10.6. The lowest BCUT2D eigenvalue weighted by Crippen LogP contribution is -2.39. The Morgan fingerprint density at radius 2 is 1.92 bits per heavy atom. The minimum atomic E-state index is -0.833. The van der Waals surface area contributed by atoms with Crippen LogP contribution >= 0.6 is 0 Å². The van der Waals surface area contributed by atoms with E-state index in [2.05, 4.69) is 0 Å². The van der Waals surface area contributed by atoms with Crippen LogP contribution in [0.2, 0.25) is 0 Å². The lowest BCUT2D eigenvalue weighted by Gasteiger charge is -2.32. The molecule has 1 aliphatic carbocycles. The Morgan fingerprint density at radius 1 is 1.38 bits per heavy atom. The maximum absolute atomic E-state index is 10.6. The van der Waals surface area contributed by atoms with Crippen LogP contribution in [-0.2, 0) is 4.74 Å². The first kappa shape index (κ1) is 10.3. The molecule has 0 saturated heterocycles. The molecule has 1 amide bonds. The molecule has 0 aromatic carbocycles. The van der Waals surface area contributed by atoms with Crippen molar-refractivity contribution < 1.29 is 14.6 Å². The number of methoxy groups -OCH3 is 1. The average molecular weight is 187 g/mol. The van der Waals surface area contributed by atoms with Gasteiger partial charge in [0.1, 0.15) is 0 Å². The molecular weight excluding hydrogens is 170 g/mol. The van der Waals surface area contributed by atoms with E-state index in [1.54, 1.807) is 14.2 Å². The van der Waals surface area contributed by atoms with Crippen LogP contribution in [0.1, 0.15) is 25.7 Å². The van der Waals surface area contributed by atoms with Gasteiger partial charge in [-0.3, -0.25) is 0 Å². The lowest BCUT2D eigenvalue weighted by atomic mass is 9.92. The van der Waals surface area contributed by atoms with E-state index < -0.39 is 6.09 Å². The zero-order valence-corrected chi connectivity index (χ0v) is 8.19. The molecule has 1 N–H and O–H groups in total. The predicted molar refractivity (Wildman–Crippen MR) is 48.8 cm³/mol. The van der Waals surface area contributed by atoms with Crippen LogP contribution in [0, 0.1) is 0 Å². The van der Waals surface area contributed by atoms with E-state index >= 15 is 0 Å². The number of amides is 1. The Hall–Kier alpha value is -0.770. The summed E-state index contributed by atoms with van der Waals surface area (Å²) < 4.78 is 5.21. The summed E-state index contributed by atoms with van der Waals surface area (Å²) in [5, 5.41) is 8.75. The fourth-order valence-electron chi connectivity index (χ4n) is 1.82. The van der Waals surface area contributed by atoms with Crippen molar-refractivity contribution in [2.75, 3.05) is 14.2 Å². The molecule has 0 bridgehead atoms. The van der Waals surface area contributed by atoms with Crippen LogP contribution in [0.25, 0.3) is 0 Å². The Kier molecular flexibility index (Phi) is 3.54. The SMILES string of the molecule is COC1CCC(N(C)C(=O)O)CC1. The molecule has 1 saturated carbocycles. The Morgan fingerprint density at radius 3 is 2.31 bits per heavy atom. The summed E-state index contributed by atoms with van der Waals surface area (Å²) in [6.07, 6.45) is 3.28. The maximum Gasteiger partial charge on any atom is 0.407 e. The summed E-state index contributed by atoms with van der Waals surface area (Å²) in [6, 6.07) is 0.184. The molecule has 1 aliphatic rings. The monoisotopic (exact) mass is 187 g/mol. The molecule has 0 heterocycles. The van der Waals surface area contributed by atoms with Gasteiger partial charge in [-0.05, 0) is 25.7 Å². The van der Waals surface area contributed by atoms with Crippen molar-refractivity contribution in [1.29, 1.82) is 0 Å². The summed E-state index contributed by atoms with van der Waals surface area (Å²) >= 11 is 0. The fourth-order valence-corrected chi connectivity index (χ4v) is 1.82. The summed E-state index contributed by atoms with van der Waals surface area (Å²) in [4.78, 5) is 12.1. The topological polar surface area (TPSA) is 49.8 Å². The average Bonchev–Trinajstić information content (AvgIpc) is 2.17. The molecule has 0 radical (unpaired) electrons. The molecule has 0 spiro atoms. The Balaban J connectivity index is 2.36. The highest BCUT2D eigenvalue weighted by molar-refractivity contribution is 5.64. The number of nitrogens with zero attached hydrogens (tertiary/aromatic N) is 1. The van der Waals surface area contributed by atoms with Crippen molar-refractivity contribution in [2.45, 2.75) is 37.8 Å². The van der Waals surface area contributed by atoms with Crippen molar-refractivity contribution in [3.8, 4) is 0 Å². The van der Waals surface area contributed by atoms with Crippen molar-refractivity contribution in [3.05, 3.63) is 0 Å². The highest BCUT2D eigenvalue weighted by atomic mass is 16.5. The molecule has 4 heteroatoms. The summed E-state index contributed by atoms with van der Waals surface area (Å²) in [5.41, 5.74) is 0. The minimum Gasteiger partial charge on any atom is -0.465 e. The highest BCUT2D eigenvalue weighted by Crippen LogP contribution is 2.23. The third kappa shape index (κ3) is 2.59. The number of hydrogen-bond donors (Lipinski definition) is 1. The van der Waals surface area contributed by atoms with Crippen LogP contribution in [-0.4, -0.2) is 42.4 Å². The summed E-state index contributed by atoms with van der Waals surface area (Å²) in [6.45, 7) is 0. The van der Waals surface area contributed by atoms with Gasteiger partial charge in [0, 0.05) is 20.2 Å². The zero-order valence-electron chi connectivity index (χ0n) is 8.19. The van der Waals surface area contributed by atoms with Gasteiger partial charge >= 0.3 is 6.09 Å². The first-order chi connectivity index (χ1) is 6.15. The fraction of sp³-hybridized carbons (Fsp3) is 0.889. The van der Waals surface area contributed by atoms with E-state index in [1.807, 2.05) is 0 Å². The van der Waals surface area contributed by atoms with Gasteiger partial charge in [0.25, 0.3) is 0 Å². The Bertz CT molecular complexity index is 176. The first-order valence-electron chi connectivity index (χ1n) is 4.63. The zero-order chi connectivity index (χ0) is 9.84. The molecule has 0 unspecified atom stereocenters. The molecule has 0 aliphatic heterocycles. The van der Waals surface area contributed by atoms with E-state index in [4.69, 9.17) is 9.84 Å². The van der Waals surface area contributed by atoms with E-state index in [0.717, 1.165) is 25.7 Å². The molecule has 0 aromatic rings. The van der Waals surface area contributed by atoms with Crippen molar-refractivity contribution >= 4 is 6.09 Å². The number of rotatable bonds is 2. The number of carboxylic acid groups (broad SMARTS) is 1. The highest BCUT2D eigenvalue weighted by Gasteiger charge is 2.25. The quantitative estimate of drug-likeness (QED) is 0.713. The second-order valence-corrected chi connectivity index (χ2v) is 3.56. The van der Waals surface area contributed by atoms with Gasteiger partial charge in [-0.25, -0.2) is 4.79 Å². The smallest absolute Gasteiger partial charge is 0.407 e. The van der Waals surface area contributed by atoms with Gasteiger partial charge in [0.05, 0.1) is 6.10 Å². The minimum absolute atomic E-state index is 0.184. The van der Waals surface area contributed by atoms with Crippen LogP contribution in [0.5, 0.6) is 0 Å². The Labute approximate surface area is 78.5 Å². The van der Waals surface area contributed by atoms with Gasteiger partial charge in [-0.2, -0.15) is 0 Å². The van der Waals surface area contributed by atoms with Crippen LogP contribution in [0.15, 0.2) is 0 Å². The van der Waals surface area contributed by atoms with Gasteiger partial charge < -0.3 is 14.7 Å². The molecular formula is C9H17NO3. The lowest BCUT2D eigenvalue weighted by molar-refractivity contribution is 0.0443. The number of carbonyl (C=O) groups is 1. The van der Waals surface area contributed by atoms with E-state index in [1.165, 1.54) is 4.90 Å². The molecule has 13 heavy (non-hydrogen) atoms. The van der Waals surface area contributed by atoms with Crippen LogP contribution in [0.3, 0.4) is 0 Å². The van der Waals surface area contributed by atoms with Crippen LogP contribution < -0.4 is 0 Å². The van der Waals surface area contributed by atoms with Gasteiger partial charge in [0.2, 0.25) is 0 Å². The third-order valence-electron chi connectivity index (χ3n) is 2.83. The first-order valence-corrected chi connectivity index (χ1v) is 4.63. The largest absolute Gasteiger partial charge is 0.465 e. The number of ether oxygens (including phenoxy) is 1. The normalized spacial score (nSPS) is 28.5. The van der Waals surface area contributed by atoms with Gasteiger partial charge in [-0.15, -0.1) is 0 Å². The van der Waals surface area contributed by atoms with E-state index in [9.17, 15) is 4.79 Å². The van der Waals surface area contributed by atoms with Crippen molar-refractivity contribution in [2.24, 2.45) is 0 Å².